The van der Waals surface area contributed by atoms with Crippen molar-refractivity contribution in [3.63, 3.8) is 0 Å². The second-order valence-corrected chi connectivity index (χ2v) is 10.5. The van der Waals surface area contributed by atoms with Crippen LogP contribution in [-0.2, 0) is 20.9 Å². The summed E-state index contributed by atoms with van der Waals surface area (Å²) in [5.74, 6) is -3.54. The fourth-order valence-electron chi connectivity index (χ4n) is 5.16. The van der Waals surface area contributed by atoms with E-state index in [1.165, 1.54) is 30.2 Å². The minimum atomic E-state index is -2.34. The second kappa shape index (κ2) is 10.8. The summed E-state index contributed by atoms with van der Waals surface area (Å²) < 4.78 is 49.6. The van der Waals surface area contributed by atoms with Crippen LogP contribution >= 0.6 is 11.6 Å². The van der Waals surface area contributed by atoms with Crippen molar-refractivity contribution in [2.24, 2.45) is 5.73 Å². The van der Waals surface area contributed by atoms with Gasteiger partial charge in [0.1, 0.15) is 23.6 Å². The minimum absolute atomic E-state index is 0.0422. The van der Waals surface area contributed by atoms with Crippen LogP contribution in [0.3, 0.4) is 0 Å². The number of carbonyl (C=O) groups is 2. The number of hydrogen-bond donors (Lipinski definition) is 3. The van der Waals surface area contributed by atoms with E-state index < -0.39 is 47.0 Å². The average molecular weight is 578 g/mol. The summed E-state index contributed by atoms with van der Waals surface area (Å²) in [6, 6.07) is 4.91. The summed E-state index contributed by atoms with van der Waals surface area (Å²) in [5, 5.41) is 18.0. The lowest BCUT2D eigenvalue weighted by molar-refractivity contribution is -0.149. The van der Waals surface area contributed by atoms with Crippen LogP contribution in [0.1, 0.15) is 41.7 Å². The first-order chi connectivity index (χ1) is 19.0. The number of aromatic nitrogens is 2. The molecule has 2 fully saturated rings. The van der Waals surface area contributed by atoms with Crippen molar-refractivity contribution in [2.45, 2.75) is 50.1 Å². The van der Waals surface area contributed by atoms with Crippen molar-refractivity contribution in [1.29, 1.82) is 0 Å². The van der Waals surface area contributed by atoms with Gasteiger partial charge in [-0.15, -0.1) is 0 Å². The number of aryl methyl sites for hydroxylation is 1. The van der Waals surface area contributed by atoms with E-state index in [4.69, 9.17) is 22.1 Å². The van der Waals surface area contributed by atoms with Crippen molar-refractivity contribution >= 4 is 29.1 Å². The van der Waals surface area contributed by atoms with E-state index in [1.807, 2.05) is 0 Å². The van der Waals surface area contributed by atoms with Crippen LogP contribution in [-0.4, -0.2) is 51.5 Å². The fraction of sp³-hybridized carbons (Fsp3) is 0.370. The maximum atomic E-state index is 14.4. The van der Waals surface area contributed by atoms with Gasteiger partial charge in [0.25, 0.3) is 11.8 Å². The van der Waals surface area contributed by atoms with Crippen LogP contribution in [0.2, 0.25) is 5.02 Å². The van der Waals surface area contributed by atoms with Gasteiger partial charge in [-0.2, -0.15) is 5.10 Å². The molecule has 2 aromatic carbocycles. The molecule has 3 aromatic rings. The molecule has 9 nitrogen and oxygen atoms in total. The van der Waals surface area contributed by atoms with Gasteiger partial charge in [0.2, 0.25) is 5.60 Å². The standard InChI is InChI=1S/C27H27ClF3N5O4/c1-14-6-16(28)7-15(23(14)31)10-33-25(37)27(39)4-5-35(26(27)38)19-11-34-36(12-19)18-9-22(32)24(40-13-18)20-8-17(29)2-3-21(20)30/h2-3,6-8,11-12,18,22,24,39H,4-5,9-10,13,32H2,1H3,(H,33,37). The predicted octanol–water partition coefficient (Wildman–Crippen LogP) is 3.08. The molecular weight excluding hydrogens is 551 g/mol. The van der Waals surface area contributed by atoms with Crippen molar-refractivity contribution in [3.05, 3.63) is 81.9 Å². The Labute approximate surface area is 232 Å². The average Bonchev–Trinajstić information content (AvgIpc) is 3.52. The molecule has 2 aliphatic heterocycles. The van der Waals surface area contributed by atoms with E-state index in [0.29, 0.717) is 22.7 Å². The largest absolute Gasteiger partial charge is 0.372 e. The highest BCUT2D eigenvalue weighted by atomic mass is 35.5. The molecule has 4 N–H and O–H groups in total. The van der Waals surface area contributed by atoms with E-state index in [1.54, 1.807) is 10.9 Å². The SMILES string of the molecule is Cc1cc(Cl)cc(CNC(=O)C2(O)CCN(c3cnn(C4COC(c5cc(F)ccc5F)C(N)C4)c3)C2=O)c1F. The van der Waals surface area contributed by atoms with E-state index in [9.17, 15) is 27.9 Å². The zero-order valence-corrected chi connectivity index (χ0v) is 22.2. The van der Waals surface area contributed by atoms with Gasteiger partial charge >= 0.3 is 0 Å². The van der Waals surface area contributed by atoms with Gasteiger partial charge in [0.15, 0.2) is 0 Å². The monoisotopic (exact) mass is 577 g/mol. The van der Waals surface area contributed by atoms with Crippen LogP contribution in [0.15, 0.2) is 42.7 Å². The molecule has 13 heteroatoms. The smallest absolute Gasteiger partial charge is 0.268 e. The Hall–Kier alpha value is -3.45. The highest BCUT2D eigenvalue weighted by Gasteiger charge is 2.52. The number of nitrogens with one attached hydrogen (secondary N) is 1. The first-order valence-corrected chi connectivity index (χ1v) is 13.0. The van der Waals surface area contributed by atoms with Crippen LogP contribution in [0.4, 0.5) is 18.9 Å². The number of rotatable bonds is 6. The summed E-state index contributed by atoms with van der Waals surface area (Å²) in [7, 11) is 0. The van der Waals surface area contributed by atoms with E-state index >= 15 is 0 Å². The third-order valence-corrected chi connectivity index (χ3v) is 7.56. The van der Waals surface area contributed by atoms with Gasteiger partial charge in [-0.3, -0.25) is 14.3 Å². The molecule has 0 saturated carbocycles. The molecule has 2 aliphatic rings. The molecule has 2 saturated heterocycles. The van der Waals surface area contributed by atoms with Crippen molar-refractivity contribution in [3.8, 4) is 0 Å². The van der Waals surface area contributed by atoms with Crippen LogP contribution < -0.4 is 16.0 Å². The predicted molar refractivity (Wildman–Crippen MR) is 139 cm³/mol. The van der Waals surface area contributed by atoms with Crippen LogP contribution in [0, 0.1) is 24.4 Å². The topological polar surface area (TPSA) is 123 Å². The molecule has 1 aromatic heterocycles. The molecule has 212 valence electrons. The number of nitrogens with zero attached hydrogens (tertiary/aromatic N) is 3. The lowest BCUT2D eigenvalue weighted by Crippen LogP contribution is -2.52. The van der Waals surface area contributed by atoms with Gasteiger partial charge in [-0.25, -0.2) is 13.2 Å². The number of halogens is 4. The Kier molecular flexibility index (Phi) is 7.62. The molecule has 4 atom stereocenters. The Morgan fingerprint density at radius 1 is 1.30 bits per heavy atom. The molecule has 4 unspecified atom stereocenters. The van der Waals surface area contributed by atoms with Crippen LogP contribution in [0.25, 0.3) is 0 Å². The van der Waals surface area contributed by atoms with E-state index in [2.05, 4.69) is 10.4 Å². The maximum absolute atomic E-state index is 14.4. The second-order valence-electron chi connectivity index (χ2n) is 10.1. The summed E-state index contributed by atoms with van der Waals surface area (Å²) >= 11 is 5.97. The molecule has 0 aliphatic carbocycles. The summed E-state index contributed by atoms with van der Waals surface area (Å²) in [5.41, 5.74) is 4.72. The lowest BCUT2D eigenvalue weighted by atomic mass is 9.94. The number of hydrogen-bond acceptors (Lipinski definition) is 6. The zero-order chi connectivity index (χ0) is 28.8. The summed E-state index contributed by atoms with van der Waals surface area (Å²) in [6.45, 7) is 1.42. The Balaban J connectivity index is 1.23. The molecule has 40 heavy (non-hydrogen) atoms. The lowest BCUT2D eigenvalue weighted by Gasteiger charge is -2.34. The van der Waals surface area contributed by atoms with Crippen molar-refractivity contribution in [1.82, 2.24) is 15.1 Å². The fourth-order valence-corrected chi connectivity index (χ4v) is 5.45. The number of anilines is 1. The van der Waals surface area contributed by atoms with Gasteiger partial charge in [-0.05, 0) is 49.2 Å². The third-order valence-electron chi connectivity index (χ3n) is 7.35. The Morgan fingerprint density at radius 3 is 2.83 bits per heavy atom. The van der Waals surface area contributed by atoms with Gasteiger partial charge in [-0.1, -0.05) is 11.6 Å². The number of nitrogens with two attached hydrogens (primary N) is 1. The summed E-state index contributed by atoms with van der Waals surface area (Å²) in [6.07, 6.45) is 2.30. The van der Waals surface area contributed by atoms with Gasteiger partial charge in [0, 0.05) is 47.9 Å². The molecule has 0 radical (unpaired) electrons. The van der Waals surface area contributed by atoms with E-state index in [-0.39, 0.29) is 43.3 Å². The van der Waals surface area contributed by atoms with Crippen LogP contribution in [0.5, 0.6) is 0 Å². The van der Waals surface area contributed by atoms with Gasteiger partial charge in [0.05, 0.1) is 24.5 Å². The first-order valence-electron chi connectivity index (χ1n) is 12.6. The number of amides is 2. The molecule has 5 rings (SSSR count). The zero-order valence-electron chi connectivity index (χ0n) is 21.4. The van der Waals surface area contributed by atoms with Crippen molar-refractivity contribution < 1.29 is 32.6 Å². The number of ether oxygens (including phenoxy) is 1. The minimum Gasteiger partial charge on any atom is -0.372 e. The number of carbonyl (C=O) groups excluding carboxylic acids is 2. The quantitative estimate of drug-likeness (QED) is 0.387. The van der Waals surface area contributed by atoms with Crippen molar-refractivity contribution in [2.75, 3.05) is 18.1 Å². The first kappa shape index (κ1) is 28.1. The maximum Gasteiger partial charge on any atom is 0.268 e. The number of aliphatic hydroxyl groups is 1. The molecule has 3 heterocycles. The Bertz CT molecular complexity index is 1470. The van der Waals surface area contributed by atoms with Gasteiger partial charge < -0.3 is 25.8 Å². The highest BCUT2D eigenvalue weighted by molar-refractivity contribution is 6.30. The highest BCUT2D eigenvalue weighted by Crippen LogP contribution is 2.35. The number of benzene rings is 2. The Morgan fingerprint density at radius 2 is 2.08 bits per heavy atom. The normalized spacial score (nSPS) is 24.9. The molecule has 2 amide bonds. The molecular formula is C27H27ClF3N5O4. The molecule has 0 spiro atoms. The summed E-state index contributed by atoms with van der Waals surface area (Å²) in [4.78, 5) is 27.2. The molecule has 0 bridgehead atoms. The third kappa shape index (κ3) is 5.19. The van der Waals surface area contributed by atoms with E-state index in [0.717, 1.165) is 18.2 Å².